The number of amides is 2. The van der Waals surface area contributed by atoms with Gasteiger partial charge in [-0.15, -0.1) is 0 Å². The molecular formula is C20H30N2O4. The zero-order valence-corrected chi connectivity index (χ0v) is 15.8. The Morgan fingerprint density at radius 1 is 1.23 bits per heavy atom. The fourth-order valence-corrected chi connectivity index (χ4v) is 3.44. The Kier molecular flexibility index (Phi) is 6.61. The first-order chi connectivity index (χ1) is 12.7. The Morgan fingerprint density at radius 2 is 2.08 bits per heavy atom. The molecule has 1 unspecified atom stereocenters. The molecule has 0 radical (unpaired) electrons. The molecule has 1 aliphatic carbocycles. The Hall–Kier alpha value is -1.95. The van der Waals surface area contributed by atoms with Gasteiger partial charge in [-0.25, -0.2) is 4.79 Å². The van der Waals surface area contributed by atoms with Crippen molar-refractivity contribution in [3.8, 4) is 11.5 Å². The first kappa shape index (κ1) is 18.8. The predicted octanol–water partition coefficient (Wildman–Crippen LogP) is 3.37. The van der Waals surface area contributed by atoms with Crippen LogP contribution in [0, 0.1) is 5.92 Å². The zero-order valence-electron chi connectivity index (χ0n) is 15.8. The lowest BCUT2D eigenvalue weighted by Gasteiger charge is -2.27. The zero-order chi connectivity index (χ0) is 18.4. The van der Waals surface area contributed by atoms with Crippen LogP contribution < -0.4 is 14.8 Å². The lowest BCUT2D eigenvalue weighted by molar-refractivity contribution is 0.121. The third-order valence-electron chi connectivity index (χ3n) is 5.10. The van der Waals surface area contributed by atoms with E-state index >= 15 is 0 Å². The molecule has 0 aromatic heterocycles. The minimum absolute atomic E-state index is 0.0143. The van der Waals surface area contributed by atoms with E-state index < -0.39 is 0 Å². The highest BCUT2D eigenvalue weighted by Gasteiger charge is 2.32. The summed E-state index contributed by atoms with van der Waals surface area (Å²) >= 11 is 0. The van der Waals surface area contributed by atoms with Gasteiger partial charge in [0.25, 0.3) is 0 Å². The Morgan fingerprint density at radius 3 is 2.81 bits per heavy atom. The van der Waals surface area contributed by atoms with Crippen LogP contribution in [-0.2, 0) is 4.74 Å². The number of nitrogens with one attached hydrogen (secondary N) is 1. The van der Waals surface area contributed by atoms with Gasteiger partial charge in [0.15, 0.2) is 0 Å². The van der Waals surface area contributed by atoms with Gasteiger partial charge in [0.2, 0.25) is 0 Å². The number of rotatable bonds is 9. The first-order valence-electron chi connectivity index (χ1n) is 9.57. The van der Waals surface area contributed by atoms with Crippen LogP contribution in [0.4, 0.5) is 4.79 Å². The molecule has 1 aromatic rings. The lowest BCUT2D eigenvalue weighted by atomic mass is 10.0. The lowest BCUT2D eigenvalue weighted by Crippen LogP contribution is -2.40. The first-order valence-corrected chi connectivity index (χ1v) is 9.57. The number of carbonyl (C=O) groups excluding carboxylic acids is 1. The fraction of sp³-hybridized carbons (Fsp3) is 0.650. The molecule has 2 fully saturated rings. The van der Waals surface area contributed by atoms with E-state index in [0.29, 0.717) is 13.2 Å². The molecule has 1 saturated heterocycles. The van der Waals surface area contributed by atoms with Crippen LogP contribution in [0.1, 0.15) is 43.7 Å². The molecule has 2 aliphatic rings. The van der Waals surface area contributed by atoms with Crippen molar-refractivity contribution in [3.63, 3.8) is 0 Å². The SMILES string of the molecule is COc1ccc(OC)c(C2CCCN2C(=O)NCCCOCC2CC2)c1. The molecular weight excluding hydrogens is 332 g/mol. The van der Waals surface area contributed by atoms with Gasteiger partial charge in [-0.05, 0) is 56.2 Å². The van der Waals surface area contributed by atoms with Crippen molar-refractivity contribution < 1.29 is 19.0 Å². The Labute approximate surface area is 155 Å². The number of hydrogen-bond acceptors (Lipinski definition) is 4. The summed E-state index contributed by atoms with van der Waals surface area (Å²) in [6, 6.07) is 5.76. The molecule has 2 amide bonds. The van der Waals surface area contributed by atoms with E-state index in [0.717, 1.165) is 55.4 Å². The topological polar surface area (TPSA) is 60.0 Å². The molecule has 6 heteroatoms. The van der Waals surface area contributed by atoms with Crippen molar-refractivity contribution in [2.45, 2.75) is 38.1 Å². The average Bonchev–Trinajstić information content (AvgIpc) is 3.36. The second kappa shape index (κ2) is 9.12. The van der Waals surface area contributed by atoms with Crippen LogP contribution in [0.15, 0.2) is 18.2 Å². The number of hydrogen-bond donors (Lipinski definition) is 1. The summed E-state index contributed by atoms with van der Waals surface area (Å²) in [5.74, 6) is 2.36. The molecule has 1 aliphatic heterocycles. The van der Waals surface area contributed by atoms with Gasteiger partial charge >= 0.3 is 6.03 Å². The Balaban J connectivity index is 1.52. The second-order valence-corrected chi connectivity index (χ2v) is 7.06. The molecule has 1 heterocycles. The predicted molar refractivity (Wildman–Crippen MR) is 99.8 cm³/mol. The largest absolute Gasteiger partial charge is 0.497 e. The summed E-state index contributed by atoms with van der Waals surface area (Å²) in [7, 11) is 3.31. The van der Waals surface area contributed by atoms with E-state index in [2.05, 4.69) is 5.32 Å². The highest BCUT2D eigenvalue weighted by atomic mass is 16.5. The van der Waals surface area contributed by atoms with Crippen molar-refractivity contribution in [2.75, 3.05) is 40.5 Å². The van der Waals surface area contributed by atoms with E-state index in [1.165, 1.54) is 12.8 Å². The van der Waals surface area contributed by atoms with Crippen molar-refractivity contribution >= 4 is 6.03 Å². The molecule has 144 valence electrons. The molecule has 3 rings (SSSR count). The minimum atomic E-state index is -0.0143. The molecule has 1 aromatic carbocycles. The minimum Gasteiger partial charge on any atom is -0.497 e. The summed E-state index contributed by atoms with van der Waals surface area (Å²) in [5, 5.41) is 3.03. The highest BCUT2D eigenvalue weighted by Crippen LogP contribution is 2.38. The number of urea groups is 1. The van der Waals surface area contributed by atoms with Crippen LogP contribution in [0.5, 0.6) is 11.5 Å². The van der Waals surface area contributed by atoms with Crippen molar-refractivity contribution in [3.05, 3.63) is 23.8 Å². The molecule has 1 N–H and O–H groups in total. The van der Waals surface area contributed by atoms with Crippen LogP contribution in [0.2, 0.25) is 0 Å². The van der Waals surface area contributed by atoms with Crippen molar-refractivity contribution in [2.24, 2.45) is 5.92 Å². The summed E-state index contributed by atoms with van der Waals surface area (Å²) in [6.07, 6.45) is 5.38. The van der Waals surface area contributed by atoms with E-state index in [1.54, 1.807) is 14.2 Å². The maximum absolute atomic E-state index is 12.6. The Bertz CT molecular complexity index is 603. The summed E-state index contributed by atoms with van der Waals surface area (Å²) in [5.41, 5.74) is 1.01. The number of nitrogens with zero attached hydrogens (tertiary/aromatic N) is 1. The van der Waals surface area contributed by atoms with E-state index in [-0.39, 0.29) is 12.1 Å². The third-order valence-corrected chi connectivity index (χ3v) is 5.10. The smallest absolute Gasteiger partial charge is 0.317 e. The van der Waals surface area contributed by atoms with E-state index in [9.17, 15) is 4.79 Å². The summed E-state index contributed by atoms with van der Waals surface area (Å²) in [6.45, 7) is 2.98. The van der Waals surface area contributed by atoms with Gasteiger partial charge in [0.05, 0.1) is 20.3 Å². The monoisotopic (exact) mass is 362 g/mol. The maximum Gasteiger partial charge on any atom is 0.317 e. The van der Waals surface area contributed by atoms with E-state index in [1.807, 2.05) is 23.1 Å². The van der Waals surface area contributed by atoms with Gasteiger partial charge in [-0.1, -0.05) is 0 Å². The normalized spacial score (nSPS) is 19.5. The van der Waals surface area contributed by atoms with Crippen LogP contribution in [0.25, 0.3) is 0 Å². The van der Waals surface area contributed by atoms with Crippen molar-refractivity contribution in [1.29, 1.82) is 0 Å². The molecule has 0 spiro atoms. The number of likely N-dealkylation sites (tertiary alicyclic amines) is 1. The summed E-state index contributed by atoms with van der Waals surface area (Å²) in [4.78, 5) is 14.5. The van der Waals surface area contributed by atoms with Gasteiger partial charge in [0, 0.05) is 31.9 Å². The standard InChI is InChI=1S/C20H30N2O4/c1-24-16-8-9-19(25-2)17(13-16)18-5-3-11-22(18)20(23)21-10-4-12-26-14-15-6-7-15/h8-9,13,15,18H,3-7,10-12,14H2,1-2H3,(H,21,23). The van der Waals surface area contributed by atoms with Gasteiger partial charge < -0.3 is 24.4 Å². The van der Waals surface area contributed by atoms with Crippen molar-refractivity contribution in [1.82, 2.24) is 10.2 Å². The van der Waals surface area contributed by atoms with E-state index in [4.69, 9.17) is 14.2 Å². The third kappa shape index (κ3) is 4.81. The number of benzene rings is 1. The molecule has 6 nitrogen and oxygen atoms in total. The maximum atomic E-state index is 12.6. The van der Waals surface area contributed by atoms with Crippen LogP contribution in [-0.4, -0.2) is 51.5 Å². The number of carbonyl (C=O) groups is 1. The number of ether oxygens (including phenoxy) is 3. The fourth-order valence-electron chi connectivity index (χ4n) is 3.44. The highest BCUT2D eigenvalue weighted by molar-refractivity contribution is 5.75. The van der Waals surface area contributed by atoms with Crippen LogP contribution in [0.3, 0.4) is 0 Å². The molecule has 1 atom stereocenters. The molecule has 26 heavy (non-hydrogen) atoms. The van der Waals surface area contributed by atoms with Gasteiger partial charge in [0.1, 0.15) is 11.5 Å². The molecule has 1 saturated carbocycles. The molecule has 0 bridgehead atoms. The second-order valence-electron chi connectivity index (χ2n) is 7.06. The van der Waals surface area contributed by atoms with Gasteiger partial charge in [-0.3, -0.25) is 0 Å². The van der Waals surface area contributed by atoms with Gasteiger partial charge in [-0.2, -0.15) is 0 Å². The number of methoxy groups -OCH3 is 2. The van der Waals surface area contributed by atoms with Crippen LogP contribution >= 0.6 is 0 Å². The quantitative estimate of drug-likeness (QED) is 0.684. The average molecular weight is 362 g/mol. The summed E-state index contributed by atoms with van der Waals surface area (Å²) < 4.78 is 16.5.